The van der Waals surface area contributed by atoms with Crippen LogP contribution in [0.3, 0.4) is 0 Å². The molecule has 0 N–H and O–H groups in total. The molecule has 0 aliphatic carbocycles. The van der Waals surface area contributed by atoms with Gasteiger partial charge in [0.15, 0.2) is 0 Å². The van der Waals surface area contributed by atoms with Gasteiger partial charge in [-0.2, -0.15) is 0 Å². The van der Waals surface area contributed by atoms with Crippen molar-refractivity contribution >= 4 is 17.8 Å². The predicted octanol–water partition coefficient (Wildman–Crippen LogP) is 2.63. The van der Waals surface area contributed by atoms with Crippen LogP contribution < -0.4 is 4.90 Å². The van der Waals surface area contributed by atoms with Crippen molar-refractivity contribution in [3.05, 3.63) is 59.8 Å². The van der Waals surface area contributed by atoms with Crippen LogP contribution in [0.2, 0.25) is 0 Å². The number of pyridine rings is 1. The quantitative estimate of drug-likeness (QED) is 0.795. The third-order valence-electron chi connectivity index (χ3n) is 4.74. The number of hydrogen-bond donors (Lipinski definition) is 0. The number of aromatic nitrogens is 1. The molecule has 1 saturated heterocycles. The largest absolute Gasteiger partial charge is 0.450 e. The predicted molar refractivity (Wildman–Crippen MR) is 107 cm³/mol. The summed E-state index contributed by atoms with van der Waals surface area (Å²) in [7, 11) is 1.96. The van der Waals surface area contributed by atoms with Crippen molar-refractivity contribution in [3.63, 3.8) is 0 Å². The summed E-state index contributed by atoms with van der Waals surface area (Å²) < 4.78 is 5.02. The summed E-state index contributed by atoms with van der Waals surface area (Å²) in [6, 6.07) is 13.7. The molecule has 3 rings (SSSR count). The summed E-state index contributed by atoms with van der Waals surface area (Å²) in [5.74, 6) is 0.708. The highest BCUT2D eigenvalue weighted by atomic mass is 16.6. The first-order chi connectivity index (χ1) is 13.6. The van der Waals surface area contributed by atoms with E-state index < -0.39 is 0 Å². The van der Waals surface area contributed by atoms with Crippen molar-refractivity contribution in [2.45, 2.75) is 13.5 Å². The Labute approximate surface area is 165 Å². The van der Waals surface area contributed by atoms with E-state index in [1.54, 1.807) is 29.0 Å². The number of nitrogens with zero attached hydrogens (tertiary/aromatic N) is 4. The fourth-order valence-electron chi connectivity index (χ4n) is 3.19. The van der Waals surface area contributed by atoms with Crippen molar-refractivity contribution in [1.82, 2.24) is 14.8 Å². The lowest BCUT2D eigenvalue weighted by molar-refractivity contribution is 0.0570. The van der Waals surface area contributed by atoms with E-state index in [2.05, 4.69) is 17.1 Å². The Bertz CT molecular complexity index is 804. The molecule has 0 radical (unpaired) electrons. The molecule has 1 fully saturated rings. The molecule has 0 bridgehead atoms. The van der Waals surface area contributed by atoms with E-state index in [4.69, 9.17) is 4.74 Å². The van der Waals surface area contributed by atoms with Crippen LogP contribution in [-0.4, -0.2) is 66.6 Å². The summed E-state index contributed by atoms with van der Waals surface area (Å²) in [6.07, 6.45) is 1.35. The topological polar surface area (TPSA) is 66.0 Å². The van der Waals surface area contributed by atoms with Gasteiger partial charge in [-0.15, -0.1) is 0 Å². The molecule has 2 amide bonds. The number of hydrogen-bond acceptors (Lipinski definition) is 5. The number of benzene rings is 1. The molecule has 2 heterocycles. The van der Waals surface area contributed by atoms with E-state index in [1.807, 2.05) is 36.2 Å². The van der Waals surface area contributed by atoms with E-state index >= 15 is 0 Å². The van der Waals surface area contributed by atoms with E-state index in [-0.39, 0.29) is 12.0 Å². The van der Waals surface area contributed by atoms with Gasteiger partial charge in [0.2, 0.25) is 0 Å². The molecule has 7 nitrogen and oxygen atoms in total. The number of rotatable bonds is 5. The maximum Gasteiger partial charge on any atom is 0.409 e. The summed E-state index contributed by atoms with van der Waals surface area (Å²) in [5.41, 5.74) is 1.79. The summed E-state index contributed by atoms with van der Waals surface area (Å²) in [5, 5.41) is 0. The van der Waals surface area contributed by atoms with Crippen LogP contribution in [0.1, 0.15) is 22.8 Å². The zero-order chi connectivity index (χ0) is 19.9. The molecule has 0 unspecified atom stereocenters. The van der Waals surface area contributed by atoms with Crippen LogP contribution in [0.5, 0.6) is 0 Å². The molecule has 2 aromatic rings. The van der Waals surface area contributed by atoms with Crippen LogP contribution in [0.15, 0.2) is 48.7 Å². The summed E-state index contributed by atoms with van der Waals surface area (Å²) >= 11 is 0. The van der Waals surface area contributed by atoms with Crippen LogP contribution in [0.4, 0.5) is 10.6 Å². The Morgan fingerprint density at radius 1 is 1.07 bits per heavy atom. The summed E-state index contributed by atoms with van der Waals surface area (Å²) in [4.78, 5) is 34.5. The minimum Gasteiger partial charge on any atom is -0.450 e. The number of amides is 2. The number of carbonyl (C=O) groups excluding carboxylic acids is 2. The molecule has 1 aromatic carbocycles. The number of ether oxygens (including phenoxy) is 1. The summed E-state index contributed by atoms with van der Waals surface area (Å²) in [6.45, 7) is 4.81. The molecule has 28 heavy (non-hydrogen) atoms. The monoisotopic (exact) mass is 382 g/mol. The van der Waals surface area contributed by atoms with Gasteiger partial charge in [-0.25, -0.2) is 9.78 Å². The van der Waals surface area contributed by atoms with Crippen molar-refractivity contribution in [3.8, 4) is 0 Å². The molecule has 1 aromatic heterocycles. The highest BCUT2D eigenvalue weighted by Crippen LogP contribution is 2.16. The molecule has 1 aliphatic heterocycles. The highest BCUT2D eigenvalue weighted by Gasteiger charge is 2.25. The average Bonchev–Trinajstić information content (AvgIpc) is 2.74. The molecule has 1 aliphatic rings. The fraction of sp³-hybridized carbons (Fsp3) is 0.381. The first-order valence-corrected chi connectivity index (χ1v) is 9.50. The van der Waals surface area contributed by atoms with Gasteiger partial charge in [-0.3, -0.25) is 4.79 Å². The van der Waals surface area contributed by atoms with Crippen LogP contribution in [0, 0.1) is 0 Å². The molecule has 0 spiro atoms. The minimum absolute atomic E-state index is 0.0414. The Balaban J connectivity index is 1.62. The van der Waals surface area contributed by atoms with E-state index in [0.717, 1.165) is 5.82 Å². The maximum atomic E-state index is 12.9. The number of anilines is 1. The fourth-order valence-corrected chi connectivity index (χ4v) is 3.19. The molecular formula is C21H26N4O3. The van der Waals surface area contributed by atoms with Gasteiger partial charge in [-0.1, -0.05) is 30.3 Å². The third kappa shape index (κ3) is 4.79. The molecule has 7 heteroatoms. The van der Waals surface area contributed by atoms with Crippen LogP contribution >= 0.6 is 0 Å². The first kappa shape index (κ1) is 19.7. The zero-order valence-electron chi connectivity index (χ0n) is 16.4. The van der Waals surface area contributed by atoms with Gasteiger partial charge in [0.05, 0.1) is 6.61 Å². The van der Waals surface area contributed by atoms with Crippen molar-refractivity contribution < 1.29 is 14.3 Å². The van der Waals surface area contributed by atoms with Gasteiger partial charge < -0.3 is 19.4 Å². The Kier molecular flexibility index (Phi) is 6.47. The lowest BCUT2D eigenvalue weighted by Gasteiger charge is -2.34. The smallest absolute Gasteiger partial charge is 0.409 e. The van der Waals surface area contributed by atoms with Gasteiger partial charge in [0.1, 0.15) is 5.82 Å². The van der Waals surface area contributed by atoms with Gasteiger partial charge in [0, 0.05) is 51.5 Å². The average molecular weight is 382 g/mol. The Morgan fingerprint density at radius 3 is 2.43 bits per heavy atom. The second kappa shape index (κ2) is 9.21. The molecule has 0 atom stereocenters. The van der Waals surface area contributed by atoms with Gasteiger partial charge in [0.25, 0.3) is 5.91 Å². The lowest BCUT2D eigenvalue weighted by atomic mass is 10.2. The van der Waals surface area contributed by atoms with E-state index in [0.29, 0.717) is 44.9 Å². The lowest BCUT2D eigenvalue weighted by Crippen LogP contribution is -2.50. The first-order valence-electron chi connectivity index (χ1n) is 9.50. The molecule has 148 valence electrons. The zero-order valence-corrected chi connectivity index (χ0v) is 16.4. The SMILES string of the molecule is CCOC(=O)N1CCN(C(=O)c2ccnc(N(C)Cc3ccccc3)c2)CC1. The molecular weight excluding hydrogens is 356 g/mol. The van der Waals surface area contributed by atoms with Crippen LogP contribution in [0.25, 0.3) is 0 Å². The third-order valence-corrected chi connectivity index (χ3v) is 4.74. The number of carbonyl (C=O) groups is 2. The second-order valence-electron chi connectivity index (χ2n) is 6.72. The standard InChI is InChI=1S/C21H26N4O3/c1-3-28-21(27)25-13-11-24(12-14-25)20(26)18-9-10-22-19(15-18)23(2)16-17-7-5-4-6-8-17/h4-10,15H,3,11-14,16H2,1-2H3. The van der Waals surface area contributed by atoms with Gasteiger partial charge in [-0.05, 0) is 24.6 Å². The van der Waals surface area contributed by atoms with E-state index in [1.165, 1.54) is 5.56 Å². The second-order valence-corrected chi connectivity index (χ2v) is 6.72. The Hall–Kier alpha value is -3.09. The minimum atomic E-state index is -0.316. The van der Waals surface area contributed by atoms with Crippen molar-refractivity contribution in [1.29, 1.82) is 0 Å². The maximum absolute atomic E-state index is 12.9. The van der Waals surface area contributed by atoms with Crippen molar-refractivity contribution in [2.75, 3.05) is 44.7 Å². The molecule has 0 saturated carbocycles. The number of piperazine rings is 1. The van der Waals surface area contributed by atoms with Crippen LogP contribution in [-0.2, 0) is 11.3 Å². The Morgan fingerprint density at radius 2 is 1.75 bits per heavy atom. The highest BCUT2D eigenvalue weighted by molar-refractivity contribution is 5.95. The normalized spacial score (nSPS) is 13.9. The van der Waals surface area contributed by atoms with E-state index in [9.17, 15) is 9.59 Å². The van der Waals surface area contributed by atoms with Gasteiger partial charge >= 0.3 is 6.09 Å². The van der Waals surface area contributed by atoms with Crippen molar-refractivity contribution in [2.24, 2.45) is 0 Å².